The van der Waals surface area contributed by atoms with Crippen LogP contribution in [0.5, 0.6) is 0 Å². The zero-order chi connectivity index (χ0) is 17.8. The number of rotatable bonds is 4. The van der Waals surface area contributed by atoms with Crippen LogP contribution in [-0.4, -0.2) is 42.0 Å². The molecule has 0 atom stereocenters. The fourth-order valence-electron chi connectivity index (χ4n) is 3.75. The summed E-state index contributed by atoms with van der Waals surface area (Å²) < 4.78 is 0. The Labute approximate surface area is 155 Å². The van der Waals surface area contributed by atoms with Gasteiger partial charge in [-0.05, 0) is 68.5 Å². The summed E-state index contributed by atoms with van der Waals surface area (Å²) in [5.41, 5.74) is 2.96. The molecule has 2 saturated heterocycles. The minimum atomic E-state index is 0.0902. The summed E-state index contributed by atoms with van der Waals surface area (Å²) in [5, 5.41) is 3.32. The van der Waals surface area contributed by atoms with E-state index in [9.17, 15) is 4.79 Å². The van der Waals surface area contributed by atoms with Gasteiger partial charge in [0, 0.05) is 43.8 Å². The standard InChI is InChI=1S/C21H26N4O/c26-21(25-14-4-5-15-25)17-6-11-20(22-16-17)23-18-7-9-19(10-8-18)24-12-2-1-3-13-24/h6-11,16H,1-5,12-15H2,(H,22,23). The van der Waals surface area contributed by atoms with Gasteiger partial charge < -0.3 is 15.1 Å². The summed E-state index contributed by atoms with van der Waals surface area (Å²) in [6.45, 7) is 4.03. The number of anilines is 3. The highest BCUT2D eigenvalue weighted by atomic mass is 16.2. The summed E-state index contributed by atoms with van der Waals surface area (Å²) in [4.78, 5) is 21.1. The molecule has 2 aliphatic heterocycles. The van der Waals surface area contributed by atoms with Crippen LogP contribution in [0.4, 0.5) is 17.2 Å². The summed E-state index contributed by atoms with van der Waals surface area (Å²) in [7, 11) is 0. The number of hydrogen-bond acceptors (Lipinski definition) is 4. The Morgan fingerprint density at radius 2 is 1.54 bits per heavy atom. The smallest absolute Gasteiger partial charge is 0.255 e. The summed E-state index contributed by atoms with van der Waals surface area (Å²) in [5.74, 6) is 0.848. The lowest BCUT2D eigenvalue weighted by Crippen LogP contribution is -2.29. The molecule has 3 heterocycles. The molecule has 136 valence electrons. The molecule has 1 N–H and O–H groups in total. The van der Waals surface area contributed by atoms with E-state index >= 15 is 0 Å². The lowest BCUT2D eigenvalue weighted by molar-refractivity contribution is 0.0792. The van der Waals surface area contributed by atoms with Crippen LogP contribution in [0.1, 0.15) is 42.5 Å². The van der Waals surface area contributed by atoms with Crippen molar-refractivity contribution in [3.63, 3.8) is 0 Å². The van der Waals surface area contributed by atoms with Crippen LogP contribution in [0, 0.1) is 0 Å². The van der Waals surface area contributed by atoms with Crippen molar-refractivity contribution < 1.29 is 4.79 Å². The number of hydrogen-bond donors (Lipinski definition) is 1. The third-order valence-electron chi connectivity index (χ3n) is 5.26. The number of piperidine rings is 1. The van der Waals surface area contributed by atoms with Gasteiger partial charge in [-0.1, -0.05) is 0 Å². The van der Waals surface area contributed by atoms with Gasteiger partial charge in [0.15, 0.2) is 0 Å². The Balaban J connectivity index is 1.38. The molecular weight excluding hydrogens is 324 g/mol. The summed E-state index contributed by atoms with van der Waals surface area (Å²) in [6, 6.07) is 12.3. The number of aromatic nitrogens is 1. The second-order valence-corrected chi connectivity index (χ2v) is 7.15. The van der Waals surface area contributed by atoms with Crippen LogP contribution in [0.3, 0.4) is 0 Å². The third kappa shape index (κ3) is 3.82. The van der Waals surface area contributed by atoms with Gasteiger partial charge in [-0.3, -0.25) is 4.79 Å². The van der Waals surface area contributed by atoms with E-state index in [1.165, 1.54) is 24.9 Å². The van der Waals surface area contributed by atoms with E-state index in [-0.39, 0.29) is 5.91 Å². The Morgan fingerprint density at radius 1 is 0.846 bits per heavy atom. The molecule has 0 saturated carbocycles. The zero-order valence-electron chi connectivity index (χ0n) is 15.2. The maximum absolute atomic E-state index is 12.4. The minimum Gasteiger partial charge on any atom is -0.372 e. The van der Waals surface area contributed by atoms with Crippen molar-refractivity contribution in [1.29, 1.82) is 0 Å². The lowest BCUT2D eigenvalue weighted by Gasteiger charge is -2.28. The van der Waals surface area contributed by atoms with Gasteiger partial charge in [0.25, 0.3) is 5.91 Å². The van der Waals surface area contributed by atoms with Crippen molar-refractivity contribution in [2.24, 2.45) is 0 Å². The lowest BCUT2D eigenvalue weighted by atomic mass is 10.1. The van der Waals surface area contributed by atoms with Crippen LogP contribution in [0.25, 0.3) is 0 Å². The minimum absolute atomic E-state index is 0.0902. The van der Waals surface area contributed by atoms with E-state index in [2.05, 4.69) is 39.5 Å². The van der Waals surface area contributed by atoms with Crippen LogP contribution < -0.4 is 10.2 Å². The second kappa shape index (κ2) is 7.77. The Bertz CT molecular complexity index is 730. The average molecular weight is 350 g/mol. The zero-order valence-corrected chi connectivity index (χ0v) is 15.2. The maximum Gasteiger partial charge on any atom is 0.255 e. The predicted octanol–water partition coefficient (Wildman–Crippen LogP) is 4.05. The van der Waals surface area contributed by atoms with E-state index in [4.69, 9.17) is 0 Å². The van der Waals surface area contributed by atoms with E-state index in [1.807, 2.05) is 17.0 Å². The number of carbonyl (C=O) groups excluding carboxylic acids is 1. The molecule has 0 radical (unpaired) electrons. The number of carbonyl (C=O) groups is 1. The molecule has 2 fully saturated rings. The highest BCUT2D eigenvalue weighted by Crippen LogP contribution is 2.23. The highest BCUT2D eigenvalue weighted by molar-refractivity contribution is 5.94. The largest absolute Gasteiger partial charge is 0.372 e. The normalized spacial score (nSPS) is 17.4. The number of benzene rings is 1. The first-order valence-corrected chi connectivity index (χ1v) is 9.67. The van der Waals surface area contributed by atoms with Crippen molar-refractivity contribution in [2.45, 2.75) is 32.1 Å². The van der Waals surface area contributed by atoms with Crippen LogP contribution in [0.15, 0.2) is 42.6 Å². The van der Waals surface area contributed by atoms with Crippen molar-refractivity contribution >= 4 is 23.1 Å². The van der Waals surface area contributed by atoms with Gasteiger partial charge in [-0.15, -0.1) is 0 Å². The molecule has 2 aliphatic rings. The molecule has 1 aromatic carbocycles. The monoisotopic (exact) mass is 350 g/mol. The van der Waals surface area contributed by atoms with Crippen LogP contribution >= 0.6 is 0 Å². The van der Waals surface area contributed by atoms with Crippen molar-refractivity contribution in [2.75, 3.05) is 36.4 Å². The quantitative estimate of drug-likeness (QED) is 0.904. The maximum atomic E-state index is 12.4. The van der Waals surface area contributed by atoms with Gasteiger partial charge in [0.05, 0.1) is 5.56 Å². The van der Waals surface area contributed by atoms with Gasteiger partial charge in [0.1, 0.15) is 5.82 Å². The van der Waals surface area contributed by atoms with Gasteiger partial charge in [0.2, 0.25) is 0 Å². The van der Waals surface area contributed by atoms with Crippen molar-refractivity contribution in [3.8, 4) is 0 Å². The van der Waals surface area contributed by atoms with Crippen molar-refractivity contribution in [3.05, 3.63) is 48.2 Å². The molecule has 1 aromatic heterocycles. The van der Waals surface area contributed by atoms with Gasteiger partial charge in [-0.2, -0.15) is 0 Å². The number of amides is 1. The van der Waals surface area contributed by atoms with E-state index in [0.717, 1.165) is 50.5 Å². The molecule has 26 heavy (non-hydrogen) atoms. The molecule has 5 heteroatoms. The first-order chi connectivity index (χ1) is 12.8. The van der Waals surface area contributed by atoms with E-state index in [0.29, 0.717) is 5.56 Å². The highest BCUT2D eigenvalue weighted by Gasteiger charge is 2.19. The van der Waals surface area contributed by atoms with Crippen molar-refractivity contribution in [1.82, 2.24) is 9.88 Å². The Morgan fingerprint density at radius 3 is 2.19 bits per heavy atom. The summed E-state index contributed by atoms with van der Waals surface area (Å²) in [6.07, 6.45) is 7.79. The Kier molecular flexibility index (Phi) is 5.04. The second-order valence-electron chi connectivity index (χ2n) is 7.15. The molecular formula is C21H26N4O. The molecule has 4 rings (SSSR count). The van der Waals surface area contributed by atoms with Gasteiger partial charge in [-0.25, -0.2) is 4.98 Å². The number of likely N-dealkylation sites (tertiary alicyclic amines) is 1. The summed E-state index contributed by atoms with van der Waals surface area (Å²) >= 11 is 0. The van der Waals surface area contributed by atoms with Crippen LogP contribution in [-0.2, 0) is 0 Å². The fourth-order valence-corrected chi connectivity index (χ4v) is 3.75. The van der Waals surface area contributed by atoms with E-state index in [1.54, 1.807) is 6.20 Å². The van der Waals surface area contributed by atoms with Crippen LogP contribution in [0.2, 0.25) is 0 Å². The Hall–Kier alpha value is -2.56. The number of pyridine rings is 1. The predicted molar refractivity (Wildman–Crippen MR) is 105 cm³/mol. The number of nitrogens with zero attached hydrogens (tertiary/aromatic N) is 3. The first kappa shape index (κ1) is 16.9. The number of nitrogens with one attached hydrogen (secondary N) is 1. The fraction of sp³-hybridized carbons (Fsp3) is 0.429. The van der Waals surface area contributed by atoms with E-state index < -0.39 is 0 Å². The molecule has 0 spiro atoms. The SMILES string of the molecule is O=C(c1ccc(Nc2ccc(N3CCCCC3)cc2)nc1)N1CCCC1. The molecule has 5 nitrogen and oxygen atoms in total. The topological polar surface area (TPSA) is 48.5 Å². The molecule has 1 amide bonds. The first-order valence-electron chi connectivity index (χ1n) is 9.67. The molecule has 2 aromatic rings. The average Bonchev–Trinajstić information content (AvgIpc) is 3.24. The molecule has 0 aliphatic carbocycles. The van der Waals surface area contributed by atoms with Gasteiger partial charge >= 0.3 is 0 Å². The molecule has 0 unspecified atom stereocenters. The molecule has 0 bridgehead atoms. The third-order valence-corrected chi connectivity index (χ3v) is 5.26.